The standard InChI is InChI=1S/C15H21NO4S/c1-3-4-11(15(17)18)16-9-10-7-12-13(8-14(10)21-2)20-6-5-19-12/h7-8,11,16H,3-6,9H2,1-2H3,(H,17,18). The molecular weight excluding hydrogens is 290 g/mol. The van der Waals surface area contributed by atoms with Crippen molar-refractivity contribution in [1.82, 2.24) is 5.32 Å². The number of aliphatic carboxylic acids is 1. The van der Waals surface area contributed by atoms with Crippen molar-refractivity contribution in [2.24, 2.45) is 0 Å². The fourth-order valence-electron chi connectivity index (χ4n) is 2.28. The van der Waals surface area contributed by atoms with Crippen LogP contribution < -0.4 is 14.8 Å². The number of carboxylic acid groups (broad SMARTS) is 1. The smallest absolute Gasteiger partial charge is 0.320 e. The van der Waals surface area contributed by atoms with Crippen molar-refractivity contribution in [2.75, 3.05) is 19.5 Å². The maximum Gasteiger partial charge on any atom is 0.320 e. The number of ether oxygens (including phenoxy) is 2. The molecule has 2 rings (SSSR count). The van der Waals surface area contributed by atoms with Gasteiger partial charge >= 0.3 is 5.97 Å². The van der Waals surface area contributed by atoms with E-state index in [1.54, 1.807) is 11.8 Å². The van der Waals surface area contributed by atoms with Gasteiger partial charge in [0.2, 0.25) is 0 Å². The molecule has 1 aromatic carbocycles. The molecule has 2 N–H and O–H groups in total. The zero-order valence-corrected chi connectivity index (χ0v) is 13.2. The molecule has 0 amide bonds. The summed E-state index contributed by atoms with van der Waals surface area (Å²) in [6.07, 6.45) is 3.45. The Balaban J connectivity index is 2.13. The van der Waals surface area contributed by atoms with E-state index in [-0.39, 0.29) is 0 Å². The molecule has 21 heavy (non-hydrogen) atoms. The molecule has 116 valence electrons. The van der Waals surface area contributed by atoms with Gasteiger partial charge in [-0.25, -0.2) is 0 Å². The van der Waals surface area contributed by atoms with E-state index in [1.807, 2.05) is 25.3 Å². The quantitative estimate of drug-likeness (QED) is 0.754. The Morgan fingerprint density at radius 2 is 2.05 bits per heavy atom. The van der Waals surface area contributed by atoms with E-state index >= 15 is 0 Å². The van der Waals surface area contributed by atoms with Crippen LogP contribution in [0.5, 0.6) is 11.5 Å². The molecule has 5 nitrogen and oxygen atoms in total. The Bertz CT molecular complexity index is 507. The van der Waals surface area contributed by atoms with Crippen molar-refractivity contribution >= 4 is 17.7 Å². The second-order valence-corrected chi connectivity index (χ2v) is 5.72. The van der Waals surface area contributed by atoms with Crippen LogP contribution in [0.1, 0.15) is 25.3 Å². The highest BCUT2D eigenvalue weighted by Crippen LogP contribution is 2.36. The van der Waals surface area contributed by atoms with Crippen LogP contribution in [0, 0.1) is 0 Å². The number of rotatable bonds is 7. The summed E-state index contributed by atoms with van der Waals surface area (Å²) in [7, 11) is 0. The number of fused-ring (bicyclic) bond motifs is 1. The highest BCUT2D eigenvalue weighted by atomic mass is 32.2. The van der Waals surface area contributed by atoms with Gasteiger partial charge in [-0.2, -0.15) is 0 Å². The molecule has 0 aromatic heterocycles. The van der Waals surface area contributed by atoms with Crippen LogP contribution in [0.25, 0.3) is 0 Å². The molecule has 0 saturated carbocycles. The third-order valence-corrected chi connectivity index (χ3v) is 4.18. The maximum absolute atomic E-state index is 11.2. The molecule has 0 aliphatic carbocycles. The minimum absolute atomic E-state index is 0.504. The number of carbonyl (C=O) groups is 1. The maximum atomic E-state index is 11.2. The van der Waals surface area contributed by atoms with Gasteiger partial charge in [0.15, 0.2) is 11.5 Å². The monoisotopic (exact) mass is 311 g/mol. The average Bonchev–Trinajstić information content (AvgIpc) is 2.50. The zero-order chi connectivity index (χ0) is 15.2. The first-order chi connectivity index (χ1) is 10.2. The van der Waals surface area contributed by atoms with E-state index in [0.717, 1.165) is 28.4 Å². The SMILES string of the molecule is CCCC(NCc1cc2c(cc1SC)OCCO2)C(=O)O. The molecule has 1 aliphatic rings. The van der Waals surface area contributed by atoms with Gasteiger partial charge in [-0.3, -0.25) is 4.79 Å². The number of thioether (sulfide) groups is 1. The third kappa shape index (κ3) is 4.04. The summed E-state index contributed by atoms with van der Waals surface area (Å²) < 4.78 is 11.2. The average molecular weight is 311 g/mol. The minimum Gasteiger partial charge on any atom is -0.486 e. The minimum atomic E-state index is -0.805. The van der Waals surface area contributed by atoms with Gasteiger partial charge in [-0.05, 0) is 30.4 Å². The lowest BCUT2D eigenvalue weighted by atomic mass is 10.1. The number of nitrogens with one attached hydrogen (secondary N) is 1. The summed E-state index contributed by atoms with van der Waals surface area (Å²) in [5.41, 5.74) is 1.04. The first-order valence-electron chi connectivity index (χ1n) is 7.08. The van der Waals surface area contributed by atoms with Gasteiger partial charge in [-0.15, -0.1) is 11.8 Å². The summed E-state index contributed by atoms with van der Waals surface area (Å²) >= 11 is 1.62. The Kier molecular flexibility index (Phi) is 5.76. The van der Waals surface area contributed by atoms with E-state index < -0.39 is 12.0 Å². The Hall–Kier alpha value is -1.40. The summed E-state index contributed by atoms with van der Waals surface area (Å²) in [6.45, 7) is 3.60. The fraction of sp³-hybridized carbons (Fsp3) is 0.533. The second kappa shape index (κ2) is 7.56. The van der Waals surface area contributed by atoms with Crippen molar-refractivity contribution < 1.29 is 19.4 Å². The molecule has 1 heterocycles. The van der Waals surface area contributed by atoms with Crippen molar-refractivity contribution in [2.45, 2.75) is 37.2 Å². The van der Waals surface area contributed by atoms with Crippen molar-refractivity contribution in [3.63, 3.8) is 0 Å². The van der Waals surface area contributed by atoms with E-state index in [0.29, 0.717) is 26.2 Å². The molecular formula is C15H21NO4S. The Morgan fingerprint density at radius 3 is 2.62 bits per heavy atom. The largest absolute Gasteiger partial charge is 0.486 e. The molecule has 0 spiro atoms. The van der Waals surface area contributed by atoms with Gasteiger partial charge in [0.05, 0.1) is 0 Å². The normalized spacial score (nSPS) is 14.8. The predicted octanol–water partition coefficient (Wildman–Crippen LogP) is 2.52. The Labute approximate surface area is 129 Å². The lowest BCUT2D eigenvalue weighted by Gasteiger charge is -2.21. The summed E-state index contributed by atoms with van der Waals surface area (Å²) in [4.78, 5) is 12.3. The van der Waals surface area contributed by atoms with E-state index in [2.05, 4.69) is 5.32 Å². The van der Waals surface area contributed by atoms with E-state index in [9.17, 15) is 9.90 Å². The molecule has 0 saturated heterocycles. The summed E-state index contributed by atoms with van der Waals surface area (Å²) in [5, 5.41) is 12.3. The summed E-state index contributed by atoms with van der Waals surface area (Å²) in [5.74, 6) is 0.691. The van der Waals surface area contributed by atoms with Crippen LogP contribution in [-0.2, 0) is 11.3 Å². The third-order valence-electron chi connectivity index (χ3n) is 3.36. The lowest BCUT2D eigenvalue weighted by Crippen LogP contribution is -2.36. The summed E-state index contributed by atoms with van der Waals surface area (Å²) in [6, 6.07) is 3.39. The number of hydrogen-bond donors (Lipinski definition) is 2. The predicted molar refractivity (Wildman–Crippen MR) is 82.4 cm³/mol. The van der Waals surface area contributed by atoms with Crippen LogP contribution in [0.15, 0.2) is 17.0 Å². The van der Waals surface area contributed by atoms with Crippen LogP contribution >= 0.6 is 11.8 Å². The number of hydrogen-bond acceptors (Lipinski definition) is 5. The lowest BCUT2D eigenvalue weighted by molar-refractivity contribution is -0.139. The first kappa shape index (κ1) is 16.0. The topological polar surface area (TPSA) is 67.8 Å². The number of carboxylic acids is 1. The fourth-order valence-corrected chi connectivity index (χ4v) is 2.89. The van der Waals surface area contributed by atoms with Gasteiger partial charge in [-0.1, -0.05) is 13.3 Å². The molecule has 6 heteroatoms. The molecule has 1 aliphatic heterocycles. The van der Waals surface area contributed by atoms with Crippen LogP contribution in [-0.4, -0.2) is 36.6 Å². The van der Waals surface area contributed by atoms with Gasteiger partial charge in [0, 0.05) is 11.4 Å². The van der Waals surface area contributed by atoms with Crippen molar-refractivity contribution in [3.8, 4) is 11.5 Å². The molecule has 1 atom stereocenters. The molecule has 0 fully saturated rings. The van der Waals surface area contributed by atoms with E-state index in [4.69, 9.17) is 9.47 Å². The van der Waals surface area contributed by atoms with Crippen LogP contribution in [0.2, 0.25) is 0 Å². The van der Waals surface area contributed by atoms with E-state index in [1.165, 1.54) is 0 Å². The first-order valence-corrected chi connectivity index (χ1v) is 8.30. The van der Waals surface area contributed by atoms with Gasteiger partial charge < -0.3 is 19.9 Å². The molecule has 0 radical (unpaired) electrons. The highest BCUT2D eigenvalue weighted by Gasteiger charge is 2.19. The van der Waals surface area contributed by atoms with Crippen molar-refractivity contribution in [3.05, 3.63) is 17.7 Å². The van der Waals surface area contributed by atoms with Crippen LogP contribution in [0.4, 0.5) is 0 Å². The van der Waals surface area contributed by atoms with Gasteiger partial charge in [0.25, 0.3) is 0 Å². The molecule has 1 unspecified atom stereocenters. The van der Waals surface area contributed by atoms with Gasteiger partial charge in [0.1, 0.15) is 19.3 Å². The molecule has 0 bridgehead atoms. The van der Waals surface area contributed by atoms with Crippen LogP contribution in [0.3, 0.4) is 0 Å². The highest BCUT2D eigenvalue weighted by molar-refractivity contribution is 7.98. The van der Waals surface area contributed by atoms with Crippen molar-refractivity contribution in [1.29, 1.82) is 0 Å². The number of benzene rings is 1. The molecule has 1 aromatic rings. The Morgan fingerprint density at radius 1 is 1.38 bits per heavy atom. The second-order valence-electron chi connectivity index (χ2n) is 4.87. The zero-order valence-electron chi connectivity index (χ0n) is 12.3.